The molecule has 0 atom stereocenters. The maximum absolute atomic E-state index is 5.44. The van der Waals surface area contributed by atoms with E-state index in [-0.39, 0.29) is 0 Å². The summed E-state index contributed by atoms with van der Waals surface area (Å²) in [5.74, 6) is 3.42. The first kappa shape index (κ1) is 13.8. The van der Waals surface area contributed by atoms with Crippen LogP contribution in [0, 0.1) is 19.3 Å². The molecule has 0 N–H and O–H groups in total. The van der Waals surface area contributed by atoms with Gasteiger partial charge in [0.05, 0.1) is 18.0 Å². The molecule has 0 aliphatic carbocycles. The molecule has 3 heteroatoms. The lowest BCUT2D eigenvalue weighted by Gasteiger charge is -2.05. The Morgan fingerprint density at radius 3 is 2.45 bits per heavy atom. The molecule has 0 amide bonds. The standard InChI is InChI=1S/C17H16N2O/c1-4-14-6-8-15(9-7-14)18-19-17-11-10-16(20-5-2)12-13(17)3/h1,6-12H,5H2,2-3H3. The van der Waals surface area contributed by atoms with Crippen LogP contribution in [-0.4, -0.2) is 6.61 Å². The minimum atomic E-state index is 0.655. The van der Waals surface area contributed by atoms with Gasteiger partial charge in [-0.3, -0.25) is 0 Å². The third kappa shape index (κ3) is 3.46. The van der Waals surface area contributed by atoms with Gasteiger partial charge in [0.25, 0.3) is 0 Å². The fourth-order valence-corrected chi connectivity index (χ4v) is 1.73. The quantitative estimate of drug-likeness (QED) is 0.577. The smallest absolute Gasteiger partial charge is 0.119 e. The second-order valence-electron chi connectivity index (χ2n) is 4.27. The first-order chi connectivity index (χ1) is 9.72. The summed E-state index contributed by atoms with van der Waals surface area (Å²) in [5.41, 5.74) is 3.47. The van der Waals surface area contributed by atoms with Crippen LogP contribution in [0.2, 0.25) is 0 Å². The molecule has 2 aromatic rings. The van der Waals surface area contributed by atoms with E-state index in [1.807, 2.05) is 56.3 Å². The zero-order valence-corrected chi connectivity index (χ0v) is 11.6. The van der Waals surface area contributed by atoms with Crippen molar-refractivity contribution in [3.63, 3.8) is 0 Å². The van der Waals surface area contributed by atoms with E-state index in [9.17, 15) is 0 Å². The van der Waals surface area contributed by atoms with Gasteiger partial charge in [-0.15, -0.1) is 6.42 Å². The Kier molecular flexibility index (Phi) is 4.52. The molecule has 2 aromatic carbocycles. The van der Waals surface area contributed by atoms with Crippen molar-refractivity contribution in [1.82, 2.24) is 0 Å². The predicted molar refractivity (Wildman–Crippen MR) is 80.9 cm³/mol. The van der Waals surface area contributed by atoms with Crippen molar-refractivity contribution in [3.8, 4) is 18.1 Å². The van der Waals surface area contributed by atoms with Gasteiger partial charge in [0, 0.05) is 5.56 Å². The van der Waals surface area contributed by atoms with E-state index < -0.39 is 0 Å². The fraction of sp³-hybridized carbons (Fsp3) is 0.176. The Morgan fingerprint density at radius 2 is 1.85 bits per heavy atom. The molecule has 0 fully saturated rings. The molecule has 0 radical (unpaired) electrons. The molecule has 0 aromatic heterocycles. The largest absolute Gasteiger partial charge is 0.494 e. The Balaban J connectivity index is 2.16. The van der Waals surface area contributed by atoms with Gasteiger partial charge in [-0.2, -0.15) is 10.2 Å². The van der Waals surface area contributed by atoms with E-state index in [0.717, 1.165) is 28.3 Å². The van der Waals surface area contributed by atoms with Gasteiger partial charge >= 0.3 is 0 Å². The van der Waals surface area contributed by atoms with Gasteiger partial charge in [-0.1, -0.05) is 5.92 Å². The molecule has 0 heterocycles. The summed E-state index contributed by atoms with van der Waals surface area (Å²) in [4.78, 5) is 0. The number of benzene rings is 2. The highest BCUT2D eigenvalue weighted by Crippen LogP contribution is 2.25. The molecule has 3 nitrogen and oxygen atoms in total. The Labute approximate surface area is 119 Å². The second kappa shape index (κ2) is 6.53. The summed E-state index contributed by atoms with van der Waals surface area (Å²) < 4.78 is 5.44. The lowest BCUT2D eigenvalue weighted by Crippen LogP contribution is -1.91. The molecule has 0 bridgehead atoms. The Morgan fingerprint density at radius 1 is 1.10 bits per heavy atom. The van der Waals surface area contributed by atoms with E-state index in [1.165, 1.54) is 0 Å². The van der Waals surface area contributed by atoms with Gasteiger partial charge in [-0.05, 0) is 61.9 Å². The van der Waals surface area contributed by atoms with Gasteiger partial charge in [-0.25, -0.2) is 0 Å². The summed E-state index contributed by atoms with van der Waals surface area (Å²) in [5, 5.41) is 8.45. The maximum Gasteiger partial charge on any atom is 0.119 e. The van der Waals surface area contributed by atoms with Gasteiger partial charge in [0.2, 0.25) is 0 Å². The Bertz CT molecular complexity index is 652. The summed E-state index contributed by atoms with van der Waals surface area (Å²) in [7, 11) is 0. The van der Waals surface area contributed by atoms with Crippen LogP contribution in [0.5, 0.6) is 5.75 Å². The van der Waals surface area contributed by atoms with Crippen molar-refractivity contribution in [2.45, 2.75) is 13.8 Å². The van der Waals surface area contributed by atoms with Gasteiger partial charge < -0.3 is 4.74 Å². The molecule has 0 spiro atoms. The topological polar surface area (TPSA) is 34.0 Å². The van der Waals surface area contributed by atoms with Crippen molar-refractivity contribution in [2.75, 3.05) is 6.61 Å². The van der Waals surface area contributed by atoms with Gasteiger partial charge in [0.1, 0.15) is 5.75 Å². The number of ether oxygens (including phenoxy) is 1. The number of azo groups is 1. The number of aryl methyl sites for hydroxylation is 1. The van der Waals surface area contributed by atoms with E-state index >= 15 is 0 Å². The summed E-state index contributed by atoms with van der Waals surface area (Å²) in [6.07, 6.45) is 5.31. The van der Waals surface area contributed by atoms with E-state index in [2.05, 4.69) is 16.1 Å². The number of hydrogen-bond donors (Lipinski definition) is 0. The first-order valence-corrected chi connectivity index (χ1v) is 6.45. The zero-order chi connectivity index (χ0) is 14.4. The van der Waals surface area contributed by atoms with Crippen LogP contribution < -0.4 is 4.74 Å². The highest BCUT2D eigenvalue weighted by Gasteiger charge is 1.99. The van der Waals surface area contributed by atoms with Crippen molar-refractivity contribution in [2.24, 2.45) is 10.2 Å². The minimum Gasteiger partial charge on any atom is -0.494 e. The Hall–Kier alpha value is -2.60. The molecule has 2 rings (SSSR count). The highest BCUT2D eigenvalue weighted by atomic mass is 16.5. The zero-order valence-electron chi connectivity index (χ0n) is 11.6. The van der Waals surface area contributed by atoms with Crippen molar-refractivity contribution >= 4 is 11.4 Å². The third-order valence-corrected chi connectivity index (χ3v) is 2.79. The van der Waals surface area contributed by atoms with Crippen LogP contribution >= 0.6 is 0 Å². The van der Waals surface area contributed by atoms with Crippen LogP contribution in [-0.2, 0) is 0 Å². The van der Waals surface area contributed by atoms with Crippen molar-refractivity contribution in [1.29, 1.82) is 0 Å². The molecule has 0 unspecified atom stereocenters. The fourth-order valence-electron chi connectivity index (χ4n) is 1.73. The number of rotatable bonds is 4. The molecule has 0 aliphatic rings. The molecule has 0 saturated heterocycles. The van der Waals surface area contributed by atoms with E-state index in [0.29, 0.717) is 6.61 Å². The van der Waals surface area contributed by atoms with Crippen molar-refractivity contribution < 1.29 is 4.74 Å². The molecule has 0 saturated carbocycles. The van der Waals surface area contributed by atoms with Crippen LogP contribution in [0.25, 0.3) is 0 Å². The third-order valence-electron chi connectivity index (χ3n) is 2.79. The van der Waals surface area contributed by atoms with Crippen LogP contribution in [0.15, 0.2) is 52.7 Å². The number of nitrogens with zero attached hydrogens (tertiary/aromatic N) is 2. The summed E-state index contributed by atoms with van der Waals surface area (Å²) >= 11 is 0. The lowest BCUT2D eigenvalue weighted by molar-refractivity contribution is 0.340. The lowest BCUT2D eigenvalue weighted by atomic mass is 10.2. The normalized spacial score (nSPS) is 10.4. The van der Waals surface area contributed by atoms with Crippen molar-refractivity contribution in [3.05, 3.63) is 53.6 Å². The summed E-state index contributed by atoms with van der Waals surface area (Å²) in [6, 6.07) is 13.1. The molecular formula is C17H16N2O. The first-order valence-electron chi connectivity index (χ1n) is 6.45. The summed E-state index contributed by atoms with van der Waals surface area (Å²) in [6.45, 7) is 4.60. The van der Waals surface area contributed by atoms with Crippen LogP contribution in [0.4, 0.5) is 11.4 Å². The molecule has 100 valence electrons. The van der Waals surface area contributed by atoms with E-state index in [4.69, 9.17) is 11.2 Å². The highest BCUT2D eigenvalue weighted by molar-refractivity contribution is 5.50. The SMILES string of the molecule is C#Cc1ccc(N=Nc2ccc(OCC)cc2C)cc1. The number of hydrogen-bond acceptors (Lipinski definition) is 3. The minimum absolute atomic E-state index is 0.655. The number of terminal acetylenes is 1. The van der Waals surface area contributed by atoms with E-state index in [1.54, 1.807) is 0 Å². The molecular weight excluding hydrogens is 248 g/mol. The average Bonchev–Trinajstić information content (AvgIpc) is 2.47. The predicted octanol–water partition coefficient (Wildman–Crippen LogP) is 4.79. The monoisotopic (exact) mass is 264 g/mol. The molecule has 20 heavy (non-hydrogen) atoms. The second-order valence-corrected chi connectivity index (χ2v) is 4.27. The van der Waals surface area contributed by atoms with Gasteiger partial charge in [0.15, 0.2) is 0 Å². The van der Waals surface area contributed by atoms with Crippen LogP contribution in [0.1, 0.15) is 18.1 Å². The van der Waals surface area contributed by atoms with Crippen LogP contribution in [0.3, 0.4) is 0 Å². The average molecular weight is 264 g/mol. The maximum atomic E-state index is 5.44. The molecule has 0 aliphatic heterocycles.